The van der Waals surface area contributed by atoms with Crippen LogP contribution in [0.15, 0.2) is 48.5 Å². The van der Waals surface area contributed by atoms with Crippen molar-refractivity contribution in [2.45, 2.75) is 51.6 Å². The van der Waals surface area contributed by atoms with Crippen molar-refractivity contribution in [1.29, 1.82) is 0 Å². The highest BCUT2D eigenvalue weighted by Crippen LogP contribution is 2.42. The van der Waals surface area contributed by atoms with E-state index in [0.717, 1.165) is 41.4 Å². The fourth-order valence-electron chi connectivity index (χ4n) is 5.16. The molecule has 3 heterocycles. The standard InChI is InChI=1S/C26H29N3O2/c1-3-4-7-14-28-16-23(30)29-22(26(28)31)15-20-19-8-5-6-9-21(19)27-24(20)25(29)18-12-10-17(2)11-13-18/h5-6,8-13,22,25,27H,3-4,7,14-16H2,1-2H3/t22-,25?/m0/s1. The van der Waals surface area contributed by atoms with Gasteiger partial charge in [-0.15, -0.1) is 0 Å². The summed E-state index contributed by atoms with van der Waals surface area (Å²) in [5, 5.41) is 1.15. The number of unbranched alkanes of at least 4 members (excludes halogenated alkanes) is 2. The minimum Gasteiger partial charge on any atom is -0.356 e. The van der Waals surface area contributed by atoms with Gasteiger partial charge in [0.05, 0.1) is 12.6 Å². The first kappa shape index (κ1) is 19.9. The second-order valence-electron chi connectivity index (χ2n) is 8.86. The molecule has 2 atom stereocenters. The molecule has 5 nitrogen and oxygen atoms in total. The number of nitrogens with one attached hydrogen (secondary N) is 1. The third kappa shape index (κ3) is 3.32. The summed E-state index contributed by atoms with van der Waals surface area (Å²) in [6, 6.07) is 15.9. The van der Waals surface area contributed by atoms with Crippen LogP contribution in [-0.2, 0) is 16.0 Å². The van der Waals surface area contributed by atoms with E-state index in [-0.39, 0.29) is 24.4 Å². The number of rotatable bonds is 5. The molecule has 31 heavy (non-hydrogen) atoms. The van der Waals surface area contributed by atoms with Crippen molar-refractivity contribution in [3.63, 3.8) is 0 Å². The highest BCUT2D eigenvalue weighted by Gasteiger charge is 2.47. The quantitative estimate of drug-likeness (QED) is 0.630. The van der Waals surface area contributed by atoms with Crippen LogP contribution in [0.4, 0.5) is 0 Å². The average Bonchev–Trinajstić information content (AvgIpc) is 3.15. The number of amides is 2. The molecule has 2 aliphatic rings. The summed E-state index contributed by atoms with van der Waals surface area (Å²) >= 11 is 0. The van der Waals surface area contributed by atoms with Gasteiger partial charge in [-0.2, -0.15) is 0 Å². The molecule has 5 rings (SSSR count). The predicted molar refractivity (Wildman–Crippen MR) is 122 cm³/mol. The number of hydrogen-bond donors (Lipinski definition) is 1. The summed E-state index contributed by atoms with van der Waals surface area (Å²) in [5.74, 6) is 0.125. The smallest absolute Gasteiger partial charge is 0.246 e. The lowest BCUT2D eigenvalue weighted by Crippen LogP contribution is -2.63. The number of carbonyl (C=O) groups excluding carboxylic acids is 2. The third-order valence-electron chi connectivity index (χ3n) is 6.77. The Balaban J connectivity index is 1.61. The fourth-order valence-corrected chi connectivity index (χ4v) is 5.16. The van der Waals surface area contributed by atoms with Crippen LogP contribution < -0.4 is 0 Å². The zero-order valence-electron chi connectivity index (χ0n) is 18.2. The molecule has 1 aromatic heterocycles. The van der Waals surface area contributed by atoms with Gasteiger partial charge in [0, 0.05) is 29.6 Å². The van der Waals surface area contributed by atoms with Gasteiger partial charge in [-0.1, -0.05) is 67.8 Å². The molecule has 2 aliphatic heterocycles. The Morgan fingerprint density at radius 2 is 1.81 bits per heavy atom. The van der Waals surface area contributed by atoms with Gasteiger partial charge in [-0.3, -0.25) is 9.59 Å². The van der Waals surface area contributed by atoms with Crippen molar-refractivity contribution in [1.82, 2.24) is 14.8 Å². The van der Waals surface area contributed by atoms with Gasteiger partial charge in [0.15, 0.2) is 0 Å². The van der Waals surface area contributed by atoms with Crippen LogP contribution in [0.5, 0.6) is 0 Å². The number of fused-ring (bicyclic) bond motifs is 4. The summed E-state index contributed by atoms with van der Waals surface area (Å²) < 4.78 is 0. The van der Waals surface area contributed by atoms with E-state index in [1.165, 1.54) is 11.1 Å². The van der Waals surface area contributed by atoms with Crippen molar-refractivity contribution in [3.05, 3.63) is 70.9 Å². The highest BCUT2D eigenvalue weighted by molar-refractivity contribution is 5.97. The molecule has 1 saturated heterocycles. The molecule has 3 aromatic rings. The molecule has 1 fully saturated rings. The molecule has 1 N–H and O–H groups in total. The van der Waals surface area contributed by atoms with E-state index < -0.39 is 6.04 Å². The second-order valence-corrected chi connectivity index (χ2v) is 8.86. The van der Waals surface area contributed by atoms with Crippen LogP contribution in [0.2, 0.25) is 0 Å². The number of aryl methyl sites for hydroxylation is 1. The number of nitrogens with zero attached hydrogens (tertiary/aromatic N) is 2. The van der Waals surface area contributed by atoms with Gasteiger partial charge in [0.2, 0.25) is 11.8 Å². The van der Waals surface area contributed by atoms with E-state index in [4.69, 9.17) is 0 Å². The lowest BCUT2D eigenvalue weighted by Gasteiger charge is -2.47. The minimum atomic E-state index is -0.444. The van der Waals surface area contributed by atoms with E-state index in [1.54, 1.807) is 4.90 Å². The topological polar surface area (TPSA) is 56.4 Å². The SMILES string of the molecule is CCCCCN1CC(=O)N2C(c3ccc(C)cc3)c3[nH]c4ccccc4c3C[C@H]2C1=O. The zero-order chi connectivity index (χ0) is 21.5. The molecular formula is C26H29N3O2. The van der Waals surface area contributed by atoms with Crippen molar-refractivity contribution in [2.24, 2.45) is 0 Å². The Labute approximate surface area is 183 Å². The molecule has 5 heteroatoms. The summed E-state index contributed by atoms with van der Waals surface area (Å²) in [5.41, 5.74) is 5.49. The van der Waals surface area contributed by atoms with Crippen LogP contribution in [0, 0.1) is 6.92 Å². The van der Waals surface area contributed by atoms with Gasteiger partial charge in [-0.25, -0.2) is 0 Å². The summed E-state index contributed by atoms with van der Waals surface area (Å²) in [4.78, 5) is 34.1. The molecule has 0 spiro atoms. The number of H-pyrrole nitrogens is 1. The first-order chi connectivity index (χ1) is 15.1. The number of aromatic nitrogens is 1. The number of benzene rings is 2. The Kier molecular flexibility index (Phi) is 5.05. The van der Waals surface area contributed by atoms with Gasteiger partial charge in [0.25, 0.3) is 0 Å². The maximum Gasteiger partial charge on any atom is 0.246 e. The molecule has 0 saturated carbocycles. The van der Waals surface area contributed by atoms with E-state index in [2.05, 4.69) is 55.2 Å². The van der Waals surface area contributed by atoms with E-state index >= 15 is 0 Å². The van der Waals surface area contributed by atoms with Crippen LogP contribution in [0.25, 0.3) is 10.9 Å². The predicted octanol–water partition coefficient (Wildman–Crippen LogP) is 4.35. The van der Waals surface area contributed by atoms with Crippen molar-refractivity contribution >= 4 is 22.7 Å². The molecule has 2 amide bonds. The molecule has 160 valence electrons. The lowest BCUT2D eigenvalue weighted by atomic mass is 9.86. The summed E-state index contributed by atoms with van der Waals surface area (Å²) in [7, 11) is 0. The van der Waals surface area contributed by atoms with Crippen molar-refractivity contribution in [2.75, 3.05) is 13.1 Å². The van der Waals surface area contributed by atoms with Gasteiger partial charge in [-0.05, 0) is 30.5 Å². The molecule has 0 radical (unpaired) electrons. The number of para-hydroxylation sites is 1. The normalized spacial score (nSPS) is 20.8. The van der Waals surface area contributed by atoms with Crippen LogP contribution >= 0.6 is 0 Å². The average molecular weight is 416 g/mol. The zero-order valence-corrected chi connectivity index (χ0v) is 18.2. The third-order valence-corrected chi connectivity index (χ3v) is 6.77. The number of hydrogen-bond acceptors (Lipinski definition) is 2. The van der Waals surface area contributed by atoms with E-state index in [9.17, 15) is 9.59 Å². The van der Waals surface area contributed by atoms with Crippen molar-refractivity contribution < 1.29 is 9.59 Å². The van der Waals surface area contributed by atoms with E-state index in [0.29, 0.717) is 13.0 Å². The maximum atomic E-state index is 13.5. The number of piperazine rings is 1. The first-order valence-corrected chi connectivity index (χ1v) is 11.3. The second kappa shape index (κ2) is 7.88. The van der Waals surface area contributed by atoms with E-state index in [1.807, 2.05) is 17.0 Å². The van der Waals surface area contributed by atoms with Crippen LogP contribution in [0.3, 0.4) is 0 Å². The molecule has 0 bridgehead atoms. The van der Waals surface area contributed by atoms with Crippen LogP contribution in [-0.4, -0.2) is 45.7 Å². The highest BCUT2D eigenvalue weighted by atomic mass is 16.2. The fraction of sp³-hybridized carbons (Fsp3) is 0.385. The van der Waals surface area contributed by atoms with Gasteiger partial charge in [0.1, 0.15) is 6.04 Å². The Hall–Kier alpha value is -3.08. The number of carbonyl (C=O) groups is 2. The van der Waals surface area contributed by atoms with Gasteiger partial charge >= 0.3 is 0 Å². The Bertz CT molecular complexity index is 1130. The Morgan fingerprint density at radius 3 is 2.58 bits per heavy atom. The van der Waals surface area contributed by atoms with Gasteiger partial charge < -0.3 is 14.8 Å². The summed E-state index contributed by atoms with van der Waals surface area (Å²) in [6.07, 6.45) is 3.68. The number of aromatic amines is 1. The largest absolute Gasteiger partial charge is 0.356 e. The Morgan fingerprint density at radius 1 is 1.03 bits per heavy atom. The molecule has 0 aliphatic carbocycles. The maximum absolute atomic E-state index is 13.5. The van der Waals surface area contributed by atoms with Crippen LogP contribution in [0.1, 0.15) is 54.6 Å². The van der Waals surface area contributed by atoms with Crippen molar-refractivity contribution in [3.8, 4) is 0 Å². The molecular weight excluding hydrogens is 386 g/mol. The summed E-state index contributed by atoms with van der Waals surface area (Å²) in [6.45, 7) is 5.05. The monoisotopic (exact) mass is 415 g/mol. The first-order valence-electron chi connectivity index (χ1n) is 11.3. The molecule has 1 unspecified atom stereocenters. The molecule has 2 aromatic carbocycles. The minimum absolute atomic E-state index is 0.0379. The lowest BCUT2D eigenvalue weighted by molar-refractivity contribution is -0.158.